The molecule has 0 unspecified atom stereocenters. The summed E-state index contributed by atoms with van der Waals surface area (Å²) in [5.41, 5.74) is 0.376. The van der Waals surface area contributed by atoms with Crippen LogP contribution in [0, 0.1) is 24.4 Å². The minimum atomic E-state index is -1.23. The summed E-state index contributed by atoms with van der Waals surface area (Å²) >= 11 is 0. The Morgan fingerprint density at radius 2 is 1.79 bits per heavy atom. The number of urea groups is 1. The minimum absolute atomic E-state index is 0.0256. The Kier molecular flexibility index (Phi) is 6.07. The van der Waals surface area contributed by atoms with Crippen molar-refractivity contribution >= 4 is 17.6 Å². The number of rotatable bonds is 5. The van der Waals surface area contributed by atoms with Crippen molar-refractivity contribution in [1.29, 1.82) is 0 Å². The number of aryl methyl sites for hydroxylation is 1. The van der Waals surface area contributed by atoms with Gasteiger partial charge in [-0.15, -0.1) is 0 Å². The number of hydrogen-bond donors (Lipinski definition) is 3. The van der Waals surface area contributed by atoms with Crippen molar-refractivity contribution in [3.05, 3.63) is 65.0 Å². The van der Waals surface area contributed by atoms with E-state index in [4.69, 9.17) is 5.11 Å². The molecule has 3 N–H and O–H groups in total. The zero-order valence-electron chi connectivity index (χ0n) is 15.6. The molecule has 0 aliphatic carbocycles. The number of nitrogens with zero attached hydrogens (tertiary/aromatic N) is 1. The molecule has 0 spiro atoms. The average molecular weight is 407 g/mol. The number of nitrogens with one attached hydrogen (secondary N) is 2. The van der Waals surface area contributed by atoms with Gasteiger partial charge in [0.15, 0.2) is 0 Å². The van der Waals surface area contributed by atoms with Crippen LogP contribution in [-0.2, 0) is 4.79 Å². The maximum Gasteiger partial charge on any atom is 0.319 e. The highest BCUT2D eigenvalue weighted by Gasteiger charge is 2.44. The van der Waals surface area contributed by atoms with Crippen LogP contribution in [0.25, 0.3) is 0 Å². The molecule has 1 heterocycles. The maximum absolute atomic E-state index is 14.5. The SMILES string of the molecule is Cc1cc(F)c([C@@H]2CN(CCO)C(=O)[C@H]2NC(=O)Nc2ccc(F)cc2)c(F)c1. The van der Waals surface area contributed by atoms with Crippen LogP contribution in [0.15, 0.2) is 36.4 Å². The first kappa shape index (κ1) is 20.7. The average Bonchev–Trinajstić information content (AvgIpc) is 2.93. The largest absolute Gasteiger partial charge is 0.395 e. The van der Waals surface area contributed by atoms with Gasteiger partial charge in [0.1, 0.15) is 23.5 Å². The maximum atomic E-state index is 14.5. The second kappa shape index (κ2) is 8.52. The lowest BCUT2D eigenvalue weighted by molar-refractivity contribution is -0.129. The molecule has 9 heteroatoms. The van der Waals surface area contributed by atoms with Gasteiger partial charge in [-0.3, -0.25) is 4.79 Å². The van der Waals surface area contributed by atoms with Crippen LogP contribution < -0.4 is 10.6 Å². The molecule has 0 aromatic heterocycles. The van der Waals surface area contributed by atoms with Crippen molar-refractivity contribution in [2.45, 2.75) is 18.9 Å². The third-order valence-electron chi connectivity index (χ3n) is 4.75. The minimum Gasteiger partial charge on any atom is -0.395 e. The van der Waals surface area contributed by atoms with Gasteiger partial charge in [-0.2, -0.15) is 0 Å². The molecule has 0 saturated carbocycles. The summed E-state index contributed by atoms with van der Waals surface area (Å²) < 4.78 is 42.0. The van der Waals surface area contributed by atoms with Crippen LogP contribution in [0.5, 0.6) is 0 Å². The Bertz CT molecular complexity index is 898. The molecule has 0 radical (unpaired) electrons. The van der Waals surface area contributed by atoms with Gasteiger partial charge in [-0.25, -0.2) is 18.0 Å². The molecule has 1 aliphatic heterocycles. The summed E-state index contributed by atoms with van der Waals surface area (Å²) in [4.78, 5) is 26.3. The Labute approximate surface area is 165 Å². The molecule has 2 aromatic rings. The molecule has 29 heavy (non-hydrogen) atoms. The quantitative estimate of drug-likeness (QED) is 0.713. The summed E-state index contributed by atoms with van der Waals surface area (Å²) in [6.07, 6.45) is 0. The fraction of sp³-hybridized carbons (Fsp3) is 0.300. The highest BCUT2D eigenvalue weighted by molar-refractivity contribution is 5.95. The Hall–Kier alpha value is -3.07. The lowest BCUT2D eigenvalue weighted by atomic mass is 9.92. The highest BCUT2D eigenvalue weighted by atomic mass is 19.1. The zero-order valence-corrected chi connectivity index (χ0v) is 15.6. The fourth-order valence-electron chi connectivity index (χ4n) is 3.45. The van der Waals surface area contributed by atoms with Gasteiger partial charge >= 0.3 is 6.03 Å². The summed E-state index contributed by atoms with van der Waals surface area (Å²) in [6.45, 7) is 1.13. The van der Waals surface area contributed by atoms with E-state index in [1.165, 1.54) is 17.0 Å². The summed E-state index contributed by atoms with van der Waals surface area (Å²) in [7, 11) is 0. The van der Waals surface area contributed by atoms with E-state index in [2.05, 4.69) is 10.6 Å². The zero-order chi connectivity index (χ0) is 21.1. The van der Waals surface area contributed by atoms with Crippen LogP contribution in [0.3, 0.4) is 0 Å². The molecule has 3 rings (SSSR count). The molecule has 154 valence electrons. The van der Waals surface area contributed by atoms with Crippen molar-refractivity contribution in [3.8, 4) is 0 Å². The van der Waals surface area contributed by atoms with Gasteiger partial charge in [0.25, 0.3) is 0 Å². The predicted octanol–water partition coefficient (Wildman–Crippen LogP) is 2.52. The number of β-amino-alcohol motifs (C(OH)–C–C–N with tert-alkyl or cyclic N) is 1. The number of benzene rings is 2. The van der Waals surface area contributed by atoms with Crippen LogP contribution in [-0.4, -0.2) is 47.7 Å². The molecule has 3 amide bonds. The number of anilines is 1. The number of carbonyl (C=O) groups excluding carboxylic acids is 2. The van der Waals surface area contributed by atoms with E-state index in [0.717, 1.165) is 24.3 Å². The number of aliphatic hydroxyl groups is 1. The first-order valence-corrected chi connectivity index (χ1v) is 8.98. The summed E-state index contributed by atoms with van der Waals surface area (Å²) in [5, 5.41) is 14.1. The first-order chi connectivity index (χ1) is 13.8. The monoisotopic (exact) mass is 407 g/mol. The lowest BCUT2D eigenvalue weighted by Crippen LogP contribution is -2.45. The van der Waals surface area contributed by atoms with E-state index in [1.54, 1.807) is 6.92 Å². The lowest BCUT2D eigenvalue weighted by Gasteiger charge is -2.20. The molecule has 1 saturated heterocycles. The highest BCUT2D eigenvalue weighted by Crippen LogP contribution is 2.33. The molecule has 0 bridgehead atoms. The van der Waals surface area contributed by atoms with E-state index in [9.17, 15) is 22.8 Å². The van der Waals surface area contributed by atoms with E-state index >= 15 is 0 Å². The number of aliphatic hydroxyl groups excluding tert-OH is 1. The smallest absolute Gasteiger partial charge is 0.319 e. The van der Waals surface area contributed by atoms with Crippen LogP contribution >= 0.6 is 0 Å². The second-order valence-electron chi connectivity index (χ2n) is 6.84. The number of amides is 3. The van der Waals surface area contributed by atoms with Crippen LogP contribution in [0.2, 0.25) is 0 Å². The first-order valence-electron chi connectivity index (χ1n) is 8.98. The van der Waals surface area contributed by atoms with E-state index in [1.807, 2.05) is 0 Å². The van der Waals surface area contributed by atoms with Gasteiger partial charge in [-0.1, -0.05) is 0 Å². The standard InChI is InChI=1S/C20H20F3N3O3/c1-11-8-15(22)17(16(23)9-11)14-10-26(6-7-27)19(28)18(14)25-20(29)24-13-4-2-12(21)3-5-13/h2-5,8-9,14,18,27H,6-7,10H2,1H3,(H2,24,25,29)/t14-,18-/m0/s1. The predicted molar refractivity (Wildman–Crippen MR) is 99.8 cm³/mol. The molecule has 2 aromatic carbocycles. The second-order valence-corrected chi connectivity index (χ2v) is 6.84. The van der Waals surface area contributed by atoms with E-state index in [0.29, 0.717) is 5.56 Å². The van der Waals surface area contributed by atoms with Crippen molar-refractivity contribution in [2.75, 3.05) is 25.0 Å². The van der Waals surface area contributed by atoms with Crippen molar-refractivity contribution in [3.63, 3.8) is 0 Å². The van der Waals surface area contributed by atoms with E-state index in [-0.39, 0.29) is 30.9 Å². The normalized spacial score (nSPS) is 18.8. The van der Waals surface area contributed by atoms with Gasteiger partial charge < -0.3 is 20.6 Å². The summed E-state index contributed by atoms with van der Waals surface area (Å²) in [5.74, 6) is -3.63. The number of hydrogen-bond acceptors (Lipinski definition) is 3. The Balaban J connectivity index is 1.85. The van der Waals surface area contributed by atoms with Gasteiger partial charge in [0.2, 0.25) is 5.91 Å². The van der Waals surface area contributed by atoms with Crippen molar-refractivity contribution in [1.82, 2.24) is 10.2 Å². The third kappa shape index (κ3) is 4.51. The fourth-order valence-corrected chi connectivity index (χ4v) is 3.45. The van der Waals surface area contributed by atoms with Gasteiger partial charge in [-0.05, 0) is 48.9 Å². The van der Waals surface area contributed by atoms with Gasteiger partial charge in [0, 0.05) is 30.3 Å². The Morgan fingerprint density at radius 1 is 1.17 bits per heavy atom. The molecule has 6 nitrogen and oxygen atoms in total. The number of halogens is 3. The number of likely N-dealkylation sites (tertiary alicyclic amines) is 1. The molecule has 1 aliphatic rings. The molecule has 2 atom stereocenters. The molecular formula is C20H20F3N3O3. The van der Waals surface area contributed by atoms with Crippen LogP contribution in [0.1, 0.15) is 17.0 Å². The Morgan fingerprint density at radius 3 is 2.38 bits per heavy atom. The molecular weight excluding hydrogens is 387 g/mol. The molecule has 1 fully saturated rings. The summed E-state index contributed by atoms with van der Waals surface area (Å²) in [6, 6.07) is 5.28. The van der Waals surface area contributed by atoms with E-state index < -0.39 is 41.3 Å². The van der Waals surface area contributed by atoms with Crippen molar-refractivity contribution in [2.24, 2.45) is 0 Å². The topological polar surface area (TPSA) is 81.7 Å². The van der Waals surface area contributed by atoms with Crippen molar-refractivity contribution < 1.29 is 27.9 Å². The number of carbonyl (C=O) groups is 2. The third-order valence-corrected chi connectivity index (χ3v) is 4.75. The van der Waals surface area contributed by atoms with Gasteiger partial charge in [0.05, 0.1) is 6.61 Å². The van der Waals surface area contributed by atoms with Crippen LogP contribution in [0.4, 0.5) is 23.7 Å².